The number of benzene rings is 1. The lowest BCUT2D eigenvalue weighted by Crippen LogP contribution is -2.34. The minimum absolute atomic E-state index is 0.0640. The van der Waals surface area contributed by atoms with Gasteiger partial charge in [0.15, 0.2) is 23.8 Å². The van der Waals surface area contributed by atoms with Crippen LogP contribution in [0.3, 0.4) is 0 Å². The molecular formula is C17H17N3O5. The summed E-state index contributed by atoms with van der Waals surface area (Å²) in [5.74, 6) is 0.379. The first-order valence-corrected chi connectivity index (χ1v) is 7.77. The summed E-state index contributed by atoms with van der Waals surface area (Å²) in [6.07, 6.45) is 4.12. The van der Waals surface area contributed by atoms with Crippen LogP contribution in [0.5, 0.6) is 11.5 Å². The SMILES string of the molecule is CCN(Cc1ccc2c(c1)OCO2)C(=O)COC(=O)c1cnccn1. The number of fused-ring (bicyclic) bond motifs is 1. The van der Waals surface area contributed by atoms with Crippen molar-refractivity contribution in [1.82, 2.24) is 14.9 Å². The quantitative estimate of drug-likeness (QED) is 0.732. The molecule has 3 rings (SSSR count). The van der Waals surface area contributed by atoms with Gasteiger partial charge in [0.1, 0.15) is 0 Å². The number of hydrogen-bond acceptors (Lipinski definition) is 7. The number of esters is 1. The molecule has 25 heavy (non-hydrogen) atoms. The number of amides is 1. The highest BCUT2D eigenvalue weighted by molar-refractivity contribution is 5.89. The van der Waals surface area contributed by atoms with Gasteiger partial charge in [-0.3, -0.25) is 9.78 Å². The van der Waals surface area contributed by atoms with Crippen LogP contribution in [0.1, 0.15) is 23.0 Å². The predicted molar refractivity (Wildman–Crippen MR) is 86.0 cm³/mol. The third-order valence-electron chi connectivity index (χ3n) is 3.64. The number of nitrogens with zero attached hydrogens (tertiary/aromatic N) is 3. The second-order valence-electron chi connectivity index (χ2n) is 5.26. The average Bonchev–Trinajstić information content (AvgIpc) is 3.12. The summed E-state index contributed by atoms with van der Waals surface area (Å²) in [6.45, 7) is 2.57. The fourth-order valence-corrected chi connectivity index (χ4v) is 2.33. The highest BCUT2D eigenvalue weighted by Gasteiger charge is 2.18. The minimum atomic E-state index is -0.680. The number of likely N-dealkylation sites (N-methyl/N-ethyl adjacent to an activating group) is 1. The van der Waals surface area contributed by atoms with Gasteiger partial charge >= 0.3 is 5.97 Å². The maximum atomic E-state index is 12.3. The number of hydrogen-bond donors (Lipinski definition) is 0. The molecule has 1 aliphatic heterocycles. The molecule has 1 aromatic heterocycles. The van der Waals surface area contributed by atoms with Gasteiger partial charge < -0.3 is 19.1 Å². The number of ether oxygens (including phenoxy) is 3. The monoisotopic (exact) mass is 343 g/mol. The van der Waals surface area contributed by atoms with Crippen molar-refractivity contribution in [1.29, 1.82) is 0 Å². The highest BCUT2D eigenvalue weighted by Crippen LogP contribution is 2.32. The van der Waals surface area contributed by atoms with Crippen LogP contribution < -0.4 is 9.47 Å². The fourth-order valence-electron chi connectivity index (χ4n) is 2.33. The average molecular weight is 343 g/mol. The van der Waals surface area contributed by atoms with Crippen molar-refractivity contribution in [3.8, 4) is 11.5 Å². The molecule has 8 heteroatoms. The summed E-state index contributed by atoms with van der Waals surface area (Å²) in [6, 6.07) is 5.52. The topological polar surface area (TPSA) is 90.8 Å². The van der Waals surface area contributed by atoms with Gasteiger partial charge in [0, 0.05) is 25.5 Å². The second kappa shape index (κ2) is 7.61. The molecule has 0 N–H and O–H groups in total. The first kappa shape index (κ1) is 16.7. The van der Waals surface area contributed by atoms with E-state index < -0.39 is 5.97 Å². The second-order valence-corrected chi connectivity index (χ2v) is 5.26. The molecule has 0 unspecified atom stereocenters. The molecule has 1 aliphatic rings. The number of carbonyl (C=O) groups is 2. The Morgan fingerprint density at radius 3 is 2.84 bits per heavy atom. The van der Waals surface area contributed by atoms with Gasteiger partial charge in [-0.05, 0) is 24.6 Å². The van der Waals surface area contributed by atoms with Gasteiger partial charge in [0.25, 0.3) is 5.91 Å². The van der Waals surface area contributed by atoms with E-state index in [4.69, 9.17) is 14.2 Å². The summed E-state index contributed by atoms with van der Waals surface area (Å²) in [5, 5.41) is 0. The van der Waals surface area contributed by atoms with Gasteiger partial charge in [0.2, 0.25) is 6.79 Å². The Morgan fingerprint density at radius 2 is 2.08 bits per heavy atom. The van der Waals surface area contributed by atoms with E-state index >= 15 is 0 Å². The van der Waals surface area contributed by atoms with Crippen molar-refractivity contribution in [2.24, 2.45) is 0 Å². The summed E-state index contributed by atoms with van der Waals surface area (Å²) in [7, 11) is 0. The first-order valence-electron chi connectivity index (χ1n) is 7.77. The van der Waals surface area contributed by atoms with E-state index in [-0.39, 0.29) is 25.0 Å². The molecule has 0 fully saturated rings. The molecule has 0 radical (unpaired) electrons. The minimum Gasteiger partial charge on any atom is -0.454 e. The molecular weight excluding hydrogens is 326 g/mol. The first-order chi connectivity index (χ1) is 12.2. The standard InChI is InChI=1S/C17H17N3O5/c1-2-20(9-12-3-4-14-15(7-12)25-11-24-14)16(21)10-23-17(22)13-8-18-5-6-19-13/h3-8H,2,9-11H2,1H3. The third-order valence-corrected chi connectivity index (χ3v) is 3.64. The summed E-state index contributed by atoms with van der Waals surface area (Å²) >= 11 is 0. The third kappa shape index (κ3) is 4.03. The van der Waals surface area contributed by atoms with E-state index in [1.54, 1.807) is 4.90 Å². The van der Waals surface area contributed by atoms with Crippen LogP contribution >= 0.6 is 0 Å². The van der Waals surface area contributed by atoms with Crippen LogP contribution in [0.4, 0.5) is 0 Å². The van der Waals surface area contributed by atoms with E-state index in [2.05, 4.69) is 9.97 Å². The molecule has 0 spiro atoms. The fraction of sp³-hybridized carbons (Fsp3) is 0.294. The normalized spacial score (nSPS) is 11.9. The molecule has 0 saturated carbocycles. The van der Waals surface area contributed by atoms with Crippen LogP contribution in [0, 0.1) is 0 Å². The summed E-state index contributed by atoms with van der Waals surface area (Å²) < 4.78 is 15.6. The Labute approximate surface area is 144 Å². The molecule has 1 amide bonds. The molecule has 2 aromatic rings. The lowest BCUT2D eigenvalue weighted by atomic mass is 10.2. The lowest BCUT2D eigenvalue weighted by molar-refractivity contribution is -0.135. The maximum Gasteiger partial charge on any atom is 0.359 e. The zero-order valence-corrected chi connectivity index (χ0v) is 13.7. The van der Waals surface area contributed by atoms with Crippen molar-refractivity contribution in [2.45, 2.75) is 13.5 Å². The van der Waals surface area contributed by atoms with E-state index in [0.29, 0.717) is 24.6 Å². The van der Waals surface area contributed by atoms with E-state index in [1.807, 2.05) is 25.1 Å². The van der Waals surface area contributed by atoms with E-state index in [9.17, 15) is 9.59 Å². The van der Waals surface area contributed by atoms with Crippen LogP contribution in [0.25, 0.3) is 0 Å². The number of rotatable bonds is 6. The van der Waals surface area contributed by atoms with Crippen LogP contribution in [-0.4, -0.2) is 46.7 Å². The smallest absolute Gasteiger partial charge is 0.359 e. The molecule has 0 aliphatic carbocycles. The molecule has 0 atom stereocenters. The maximum absolute atomic E-state index is 12.3. The summed E-state index contributed by atoms with van der Waals surface area (Å²) in [4.78, 5) is 33.3. The highest BCUT2D eigenvalue weighted by atomic mass is 16.7. The Bertz CT molecular complexity index is 766. The van der Waals surface area contributed by atoms with Crippen molar-refractivity contribution in [2.75, 3.05) is 19.9 Å². The van der Waals surface area contributed by atoms with Crippen LogP contribution in [0.2, 0.25) is 0 Å². The molecule has 0 bridgehead atoms. The zero-order chi connectivity index (χ0) is 17.6. The predicted octanol–water partition coefficient (Wildman–Crippen LogP) is 1.41. The molecule has 2 heterocycles. The van der Waals surface area contributed by atoms with E-state index in [1.165, 1.54) is 18.6 Å². The zero-order valence-electron chi connectivity index (χ0n) is 13.7. The molecule has 8 nitrogen and oxygen atoms in total. The molecule has 1 aromatic carbocycles. The van der Waals surface area contributed by atoms with Gasteiger partial charge in [-0.15, -0.1) is 0 Å². The summed E-state index contributed by atoms with van der Waals surface area (Å²) in [5.41, 5.74) is 0.967. The Morgan fingerprint density at radius 1 is 1.24 bits per heavy atom. The van der Waals surface area contributed by atoms with Crippen molar-refractivity contribution in [3.05, 3.63) is 48.0 Å². The van der Waals surface area contributed by atoms with Crippen molar-refractivity contribution < 1.29 is 23.8 Å². The molecule has 130 valence electrons. The van der Waals surface area contributed by atoms with Gasteiger partial charge in [-0.1, -0.05) is 6.07 Å². The number of carbonyl (C=O) groups excluding carboxylic acids is 2. The van der Waals surface area contributed by atoms with Gasteiger partial charge in [0.05, 0.1) is 6.20 Å². The van der Waals surface area contributed by atoms with Crippen LogP contribution in [0.15, 0.2) is 36.8 Å². The number of aromatic nitrogens is 2. The lowest BCUT2D eigenvalue weighted by Gasteiger charge is -2.21. The van der Waals surface area contributed by atoms with Gasteiger partial charge in [-0.2, -0.15) is 0 Å². The van der Waals surface area contributed by atoms with Crippen molar-refractivity contribution >= 4 is 11.9 Å². The Kier molecular flexibility index (Phi) is 5.08. The van der Waals surface area contributed by atoms with Crippen LogP contribution in [-0.2, 0) is 16.1 Å². The van der Waals surface area contributed by atoms with E-state index in [0.717, 1.165) is 5.56 Å². The van der Waals surface area contributed by atoms with Crippen molar-refractivity contribution in [3.63, 3.8) is 0 Å². The Balaban J connectivity index is 1.57. The largest absolute Gasteiger partial charge is 0.454 e. The van der Waals surface area contributed by atoms with Gasteiger partial charge in [-0.25, -0.2) is 9.78 Å². The Hall–Kier alpha value is -3.16. The molecule has 0 saturated heterocycles.